The van der Waals surface area contributed by atoms with E-state index in [4.69, 9.17) is 8.83 Å². The first kappa shape index (κ1) is 17.3. The number of anilines is 1. The number of hydrogen-bond acceptors (Lipinski definition) is 6. The minimum atomic E-state index is -3.78. The van der Waals surface area contributed by atoms with E-state index in [9.17, 15) is 8.42 Å². The minimum Gasteiger partial charge on any atom is -0.446 e. The molecular formula is C19H17N3O4S. The maximum absolute atomic E-state index is 12.8. The Morgan fingerprint density at radius 1 is 0.889 bits per heavy atom. The van der Waals surface area contributed by atoms with Gasteiger partial charge in [-0.2, -0.15) is 0 Å². The second-order valence-electron chi connectivity index (χ2n) is 6.15. The van der Waals surface area contributed by atoms with E-state index >= 15 is 0 Å². The van der Waals surface area contributed by atoms with Crippen LogP contribution in [0.3, 0.4) is 0 Å². The second-order valence-corrected chi connectivity index (χ2v) is 7.84. The molecule has 0 atom stereocenters. The molecule has 8 heteroatoms. The van der Waals surface area contributed by atoms with Gasteiger partial charge in [0.25, 0.3) is 10.0 Å². The lowest BCUT2D eigenvalue weighted by Gasteiger charge is -2.08. The summed E-state index contributed by atoms with van der Waals surface area (Å²) in [5.41, 5.74) is 2.84. The lowest BCUT2D eigenvalue weighted by Crippen LogP contribution is -2.13. The fourth-order valence-corrected chi connectivity index (χ4v) is 4.00. The number of aromatic nitrogens is 2. The van der Waals surface area contributed by atoms with Gasteiger partial charge < -0.3 is 8.83 Å². The lowest BCUT2D eigenvalue weighted by molar-refractivity contribution is 0.495. The molecule has 0 spiro atoms. The zero-order valence-corrected chi connectivity index (χ0v) is 15.8. The molecule has 1 N–H and O–H groups in total. The molecule has 0 unspecified atom stereocenters. The van der Waals surface area contributed by atoms with Crippen molar-refractivity contribution in [3.8, 4) is 11.3 Å². The van der Waals surface area contributed by atoms with Crippen molar-refractivity contribution >= 4 is 26.8 Å². The summed E-state index contributed by atoms with van der Waals surface area (Å²) in [6.45, 7) is 5.30. The first-order valence-electron chi connectivity index (χ1n) is 8.27. The Hall–Kier alpha value is -3.13. The highest BCUT2D eigenvalue weighted by Crippen LogP contribution is 2.28. The van der Waals surface area contributed by atoms with E-state index in [-0.39, 0.29) is 4.90 Å². The Labute approximate surface area is 156 Å². The maximum atomic E-state index is 12.8. The highest BCUT2D eigenvalue weighted by molar-refractivity contribution is 7.92. The van der Waals surface area contributed by atoms with Crippen LogP contribution in [0.4, 0.5) is 5.69 Å². The van der Waals surface area contributed by atoms with Gasteiger partial charge in [-0.1, -0.05) is 18.2 Å². The van der Waals surface area contributed by atoms with Gasteiger partial charge in [-0.3, -0.25) is 4.72 Å². The Morgan fingerprint density at radius 3 is 2.26 bits per heavy atom. The highest BCUT2D eigenvalue weighted by Gasteiger charge is 2.18. The second kappa shape index (κ2) is 6.24. The molecule has 2 heterocycles. The standard InChI is InChI=1S/C19H17N3O4S/c1-11-18(21-13(3)25-11)14-7-9-15(10-8-14)27(23,24)22-17-6-4-5-16-19(17)26-12(2)20-16/h4-10,22H,1-3H3. The van der Waals surface area contributed by atoms with Gasteiger partial charge in [0.15, 0.2) is 17.4 Å². The van der Waals surface area contributed by atoms with Crippen molar-refractivity contribution in [1.82, 2.24) is 9.97 Å². The van der Waals surface area contributed by atoms with E-state index in [2.05, 4.69) is 14.7 Å². The molecule has 0 bridgehead atoms. The summed E-state index contributed by atoms with van der Waals surface area (Å²) in [6.07, 6.45) is 0. The number of fused-ring (bicyclic) bond motifs is 1. The first-order chi connectivity index (χ1) is 12.8. The number of sulfonamides is 1. The van der Waals surface area contributed by atoms with E-state index in [1.54, 1.807) is 44.2 Å². The molecule has 0 amide bonds. The number of aryl methyl sites for hydroxylation is 3. The third-order valence-corrected chi connectivity index (χ3v) is 5.49. The number of oxazole rings is 2. The molecule has 4 rings (SSSR count). The fourth-order valence-electron chi connectivity index (χ4n) is 2.93. The molecule has 7 nitrogen and oxygen atoms in total. The molecule has 0 saturated carbocycles. The fraction of sp³-hybridized carbons (Fsp3) is 0.158. The lowest BCUT2D eigenvalue weighted by atomic mass is 10.1. The predicted octanol–water partition coefficient (Wildman–Crippen LogP) is 4.21. The van der Waals surface area contributed by atoms with Crippen LogP contribution in [0.2, 0.25) is 0 Å². The molecule has 138 valence electrons. The van der Waals surface area contributed by atoms with E-state index in [0.717, 1.165) is 5.56 Å². The Kier molecular flexibility index (Phi) is 4.00. The summed E-state index contributed by atoms with van der Waals surface area (Å²) < 4.78 is 39.0. The SMILES string of the molecule is Cc1nc(-c2ccc(S(=O)(=O)Nc3cccc4nc(C)oc34)cc2)c(C)o1. The smallest absolute Gasteiger partial charge is 0.262 e. The molecule has 2 aromatic carbocycles. The Balaban J connectivity index is 1.66. The van der Waals surface area contributed by atoms with Crippen LogP contribution in [0.5, 0.6) is 0 Å². The molecule has 27 heavy (non-hydrogen) atoms. The summed E-state index contributed by atoms with van der Waals surface area (Å²) in [6, 6.07) is 11.6. The van der Waals surface area contributed by atoms with Crippen LogP contribution in [0, 0.1) is 20.8 Å². The number of nitrogens with one attached hydrogen (secondary N) is 1. The number of hydrogen-bond donors (Lipinski definition) is 1. The van der Waals surface area contributed by atoms with E-state index in [1.165, 1.54) is 12.1 Å². The van der Waals surface area contributed by atoms with Gasteiger partial charge in [-0.15, -0.1) is 0 Å². The zero-order chi connectivity index (χ0) is 19.2. The predicted molar refractivity (Wildman–Crippen MR) is 101 cm³/mol. The van der Waals surface area contributed by atoms with Crippen molar-refractivity contribution < 1.29 is 17.3 Å². The average Bonchev–Trinajstić information content (AvgIpc) is 3.16. The first-order valence-corrected chi connectivity index (χ1v) is 9.75. The highest BCUT2D eigenvalue weighted by atomic mass is 32.2. The third-order valence-electron chi connectivity index (χ3n) is 4.11. The zero-order valence-electron chi connectivity index (χ0n) is 15.0. The number of benzene rings is 2. The molecular weight excluding hydrogens is 366 g/mol. The van der Waals surface area contributed by atoms with Crippen molar-refractivity contribution in [3.05, 3.63) is 60.0 Å². The maximum Gasteiger partial charge on any atom is 0.262 e. The number of rotatable bonds is 4. The van der Waals surface area contributed by atoms with Crippen LogP contribution in [0.1, 0.15) is 17.5 Å². The molecule has 0 aliphatic rings. The Bertz CT molecular complexity index is 1240. The van der Waals surface area contributed by atoms with E-state index < -0.39 is 10.0 Å². The average molecular weight is 383 g/mol. The van der Waals surface area contributed by atoms with Crippen molar-refractivity contribution in [1.29, 1.82) is 0 Å². The molecule has 0 fully saturated rings. The molecule has 0 saturated heterocycles. The quantitative estimate of drug-likeness (QED) is 0.567. The summed E-state index contributed by atoms with van der Waals surface area (Å²) in [5.74, 6) is 1.73. The van der Waals surface area contributed by atoms with Crippen molar-refractivity contribution in [2.45, 2.75) is 25.7 Å². The molecule has 0 aliphatic heterocycles. The molecule has 0 aliphatic carbocycles. The van der Waals surface area contributed by atoms with Crippen LogP contribution >= 0.6 is 0 Å². The van der Waals surface area contributed by atoms with Gasteiger partial charge in [0, 0.05) is 19.4 Å². The molecule has 2 aromatic heterocycles. The van der Waals surface area contributed by atoms with Crippen LogP contribution in [-0.4, -0.2) is 18.4 Å². The minimum absolute atomic E-state index is 0.136. The number of nitrogens with zero attached hydrogens (tertiary/aromatic N) is 2. The van der Waals surface area contributed by atoms with E-state index in [0.29, 0.717) is 40.0 Å². The summed E-state index contributed by atoms with van der Waals surface area (Å²) in [7, 11) is -3.78. The monoisotopic (exact) mass is 383 g/mol. The van der Waals surface area contributed by atoms with Gasteiger partial charge in [0.1, 0.15) is 17.0 Å². The van der Waals surface area contributed by atoms with Gasteiger partial charge >= 0.3 is 0 Å². The topological polar surface area (TPSA) is 98.2 Å². The van der Waals surface area contributed by atoms with Crippen LogP contribution in [0.15, 0.2) is 56.2 Å². The van der Waals surface area contributed by atoms with Crippen molar-refractivity contribution in [3.63, 3.8) is 0 Å². The summed E-state index contributed by atoms with van der Waals surface area (Å²) >= 11 is 0. The van der Waals surface area contributed by atoms with Crippen LogP contribution < -0.4 is 4.72 Å². The third kappa shape index (κ3) is 3.19. The van der Waals surface area contributed by atoms with Gasteiger partial charge in [-0.25, -0.2) is 18.4 Å². The molecule has 4 aromatic rings. The molecule has 0 radical (unpaired) electrons. The summed E-state index contributed by atoms with van der Waals surface area (Å²) in [5, 5.41) is 0. The van der Waals surface area contributed by atoms with Crippen LogP contribution in [0.25, 0.3) is 22.4 Å². The van der Waals surface area contributed by atoms with Gasteiger partial charge in [0.05, 0.1) is 10.6 Å². The number of para-hydroxylation sites is 1. The van der Waals surface area contributed by atoms with E-state index in [1.807, 2.05) is 6.92 Å². The van der Waals surface area contributed by atoms with Gasteiger partial charge in [0.2, 0.25) is 0 Å². The van der Waals surface area contributed by atoms with Crippen molar-refractivity contribution in [2.75, 3.05) is 4.72 Å². The van der Waals surface area contributed by atoms with Crippen LogP contribution in [-0.2, 0) is 10.0 Å². The van der Waals surface area contributed by atoms with Gasteiger partial charge in [-0.05, 0) is 31.2 Å². The largest absolute Gasteiger partial charge is 0.446 e. The summed E-state index contributed by atoms with van der Waals surface area (Å²) in [4.78, 5) is 8.68. The normalized spacial score (nSPS) is 11.8. The Morgan fingerprint density at radius 2 is 1.59 bits per heavy atom. The van der Waals surface area contributed by atoms with Crippen molar-refractivity contribution in [2.24, 2.45) is 0 Å².